The van der Waals surface area contributed by atoms with Gasteiger partial charge in [-0.25, -0.2) is 4.79 Å². The maximum absolute atomic E-state index is 11.9. The average Bonchev–Trinajstić information content (AvgIpc) is 2.62. The van der Waals surface area contributed by atoms with E-state index in [0.717, 1.165) is 6.07 Å². The number of carbonyl (C=O) groups is 1. The van der Waals surface area contributed by atoms with E-state index in [4.69, 9.17) is 29.4 Å². The molecule has 0 aromatic heterocycles. The number of nitrogens with zero attached hydrogens (tertiary/aromatic N) is 1. The second-order valence-electron chi connectivity index (χ2n) is 4.99. The summed E-state index contributed by atoms with van der Waals surface area (Å²) in [5.74, 6) is -0.737. The number of methoxy groups -OCH3 is 1. The second kappa shape index (κ2) is 13.0. The van der Waals surface area contributed by atoms with Crippen LogP contribution in [0.4, 0.5) is 11.4 Å². The van der Waals surface area contributed by atoms with Gasteiger partial charge < -0.3 is 29.4 Å². The molecular weight excluding hydrogens is 348 g/mol. The van der Waals surface area contributed by atoms with Crippen LogP contribution in [0.1, 0.15) is 10.4 Å². The predicted octanol–water partition coefficient (Wildman–Crippen LogP) is 1.03. The van der Waals surface area contributed by atoms with Crippen molar-refractivity contribution in [1.29, 1.82) is 0 Å². The van der Waals surface area contributed by atoms with Gasteiger partial charge in [0.2, 0.25) is 0 Å². The Balaban J connectivity index is 2.10. The van der Waals surface area contributed by atoms with Gasteiger partial charge in [-0.3, -0.25) is 10.1 Å². The minimum absolute atomic E-state index is 0.00109. The number of esters is 1. The van der Waals surface area contributed by atoms with Crippen LogP contribution in [-0.2, 0) is 23.7 Å². The third-order valence-corrected chi connectivity index (χ3v) is 3.10. The molecule has 0 atom stereocenters. The van der Waals surface area contributed by atoms with Crippen molar-refractivity contribution in [3.05, 3.63) is 33.9 Å². The van der Waals surface area contributed by atoms with E-state index in [0.29, 0.717) is 39.6 Å². The van der Waals surface area contributed by atoms with Gasteiger partial charge in [-0.05, 0) is 6.07 Å². The summed E-state index contributed by atoms with van der Waals surface area (Å²) in [5.41, 5.74) is 5.48. The van der Waals surface area contributed by atoms with Gasteiger partial charge in [-0.15, -0.1) is 0 Å². The van der Waals surface area contributed by atoms with Gasteiger partial charge in [-0.2, -0.15) is 0 Å². The molecule has 0 saturated carbocycles. The molecule has 1 rings (SSSR count). The van der Waals surface area contributed by atoms with Gasteiger partial charge in [0, 0.05) is 24.9 Å². The van der Waals surface area contributed by atoms with E-state index in [9.17, 15) is 14.9 Å². The monoisotopic (exact) mass is 372 g/mol. The van der Waals surface area contributed by atoms with Crippen molar-refractivity contribution in [3.63, 3.8) is 0 Å². The zero-order valence-corrected chi connectivity index (χ0v) is 14.7. The van der Waals surface area contributed by atoms with Crippen LogP contribution >= 0.6 is 0 Å². The Hall–Kier alpha value is -2.27. The van der Waals surface area contributed by atoms with Crippen molar-refractivity contribution in [2.75, 3.05) is 65.7 Å². The Morgan fingerprint density at radius 3 is 2.08 bits per heavy atom. The molecule has 0 aliphatic rings. The van der Waals surface area contributed by atoms with Gasteiger partial charge in [0.05, 0.1) is 56.7 Å². The first-order valence-corrected chi connectivity index (χ1v) is 7.99. The highest BCUT2D eigenvalue weighted by Crippen LogP contribution is 2.20. The fraction of sp³-hybridized carbons (Fsp3) is 0.562. The van der Waals surface area contributed by atoms with Crippen molar-refractivity contribution in [2.45, 2.75) is 0 Å². The Morgan fingerprint density at radius 2 is 1.54 bits per heavy atom. The van der Waals surface area contributed by atoms with Crippen LogP contribution < -0.4 is 5.73 Å². The number of hydrogen-bond donors (Lipinski definition) is 1. The minimum Gasteiger partial charge on any atom is -0.460 e. The van der Waals surface area contributed by atoms with Gasteiger partial charge in [0.25, 0.3) is 5.69 Å². The van der Waals surface area contributed by atoms with E-state index < -0.39 is 10.9 Å². The number of nitrogen functional groups attached to an aromatic ring is 1. The highest BCUT2D eigenvalue weighted by atomic mass is 16.6. The van der Waals surface area contributed by atoms with Crippen LogP contribution in [-0.4, -0.2) is 70.9 Å². The van der Waals surface area contributed by atoms with Gasteiger partial charge in [0.15, 0.2) is 0 Å². The standard InChI is InChI=1S/C16H24N2O8/c1-22-4-5-23-6-7-24-8-9-25-10-11-26-16(19)14-12-13(18(20)21)2-3-15(14)17/h2-3,12H,4-11,17H2,1H3. The van der Waals surface area contributed by atoms with E-state index in [1.165, 1.54) is 12.1 Å². The van der Waals surface area contributed by atoms with Crippen LogP contribution in [0.3, 0.4) is 0 Å². The number of nitro groups is 1. The maximum Gasteiger partial charge on any atom is 0.340 e. The summed E-state index contributed by atoms with van der Waals surface area (Å²) >= 11 is 0. The highest BCUT2D eigenvalue weighted by Gasteiger charge is 2.16. The largest absolute Gasteiger partial charge is 0.460 e. The first-order chi connectivity index (χ1) is 12.6. The first-order valence-electron chi connectivity index (χ1n) is 7.99. The molecule has 146 valence electrons. The highest BCUT2D eigenvalue weighted by molar-refractivity contribution is 5.95. The first kappa shape index (κ1) is 21.8. The lowest BCUT2D eigenvalue weighted by Crippen LogP contribution is -2.15. The lowest BCUT2D eigenvalue weighted by Gasteiger charge is -2.08. The van der Waals surface area contributed by atoms with Crippen molar-refractivity contribution >= 4 is 17.3 Å². The third-order valence-electron chi connectivity index (χ3n) is 3.10. The molecule has 1 aromatic rings. The molecule has 0 unspecified atom stereocenters. The number of anilines is 1. The van der Waals surface area contributed by atoms with Crippen LogP contribution in [0.25, 0.3) is 0 Å². The molecule has 0 spiro atoms. The maximum atomic E-state index is 11.9. The molecule has 0 bridgehead atoms. The molecule has 0 amide bonds. The summed E-state index contributed by atoms with van der Waals surface area (Å²) in [6, 6.07) is 3.60. The van der Waals surface area contributed by atoms with E-state index in [2.05, 4.69) is 0 Å². The van der Waals surface area contributed by atoms with Crippen LogP contribution in [0.5, 0.6) is 0 Å². The molecule has 0 saturated heterocycles. The van der Waals surface area contributed by atoms with Gasteiger partial charge in [-0.1, -0.05) is 0 Å². The molecule has 0 radical (unpaired) electrons. The Labute approximate surface area is 151 Å². The fourth-order valence-corrected chi connectivity index (χ4v) is 1.79. The number of carbonyl (C=O) groups excluding carboxylic acids is 1. The van der Waals surface area contributed by atoms with E-state index in [-0.39, 0.29) is 30.2 Å². The zero-order chi connectivity index (χ0) is 19.2. The molecule has 10 nitrogen and oxygen atoms in total. The van der Waals surface area contributed by atoms with Crippen LogP contribution in [0, 0.1) is 10.1 Å². The van der Waals surface area contributed by atoms with Gasteiger partial charge >= 0.3 is 5.97 Å². The number of rotatable bonds is 14. The van der Waals surface area contributed by atoms with Gasteiger partial charge in [0.1, 0.15) is 6.61 Å². The van der Waals surface area contributed by atoms with Crippen LogP contribution in [0.15, 0.2) is 18.2 Å². The predicted molar refractivity (Wildman–Crippen MR) is 92.1 cm³/mol. The molecule has 0 heterocycles. The van der Waals surface area contributed by atoms with Crippen molar-refractivity contribution in [2.24, 2.45) is 0 Å². The summed E-state index contributed by atoms with van der Waals surface area (Å²) in [4.78, 5) is 22.0. The molecule has 2 N–H and O–H groups in total. The average molecular weight is 372 g/mol. The Morgan fingerprint density at radius 1 is 1.00 bits per heavy atom. The smallest absolute Gasteiger partial charge is 0.340 e. The fourth-order valence-electron chi connectivity index (χ4n) is 1.79. The summed E-state index contributed by atoms with van der Waals surface area (Å²) in [5, 5.41) is 10.7. The summed E-state index contributed by atoms with van der Waals surface area (Å²) in [6.45, 7) is 2.91. The quantitative estimate of drug-likeness (QED) is 0.167. The Bertz CT molecular complexity index is 567. The van der Waals surface area contributed by atoms with E-state index in [1.54, 1.807) is 7.11 Å². The molecule has 1 aromatic carbocycles. The summed E-state index contributed by atoms with van der Waals surface area (Å²) in [6.07, 6.45) is 0. The number of non-ortho nitro benzene ring substituents is 1. The SMILES string of the molecule is COCCOCCOCCOCCOC(=O)c1cc([N+](=O)[O-])ccc1N. The normalized spacial score (nSPS) is 10.7. The lowest BCUT2D eigenvalue weighted by molar-refractivity contribution is -0.384. The number of benzene rings is 1. The van der Waals surface area contributed by atoms with Crippen molar-refractivity contribution in [1.82, 2.24) is 0 Å². The topological polar surface area (TPSA) is 132 Å². The number of hydrogen-bond acceptors (Lipinski definition) is 9. The zero-order valence-electron chi connectivity index (χ0n) is 14.7. The van der Waals surface area contributed by atoms with Crippen LogP contribution in [0.2, 0.25) is 0 Å². The Kier molecular flexibility index (Phi) is 10.9. The van der Waals surface area contributed by atoms with E-state index >= 15 is 0 Å². The molecule has 26 heavy (non-hydrogen) atoms. The lowest BCUT2D eigenvalue weighted by atomic mass is 10.1. The van der Waals surface area contributed by atoms with Crippen molar-refractivity contribution < 1.29 is 33.4 Å². The summed E-state index contributed by atoms with van der Waals surface area (Å²) in [7, 11) is 1.60. The molecule has 0 aliphatic carbocycles. The summed E-state index contributed by atoms with van der Waals surface area (Å²) < 4.78 is 25.6. The number of ether oxygens (including phenoxy) is 5. The second-order valence-corrected chi connectivity index (χ2v) is 4.99. The van der Waals surface area contributed by atoms with E-state index in [1.807, 2.05) is 0 Å². The molecule has 0 fully saturated rings. The molecule has 0 aliphatic heterocycles. The van der Waals surface area contributed by atoms with Crippen molar-refractivity contribution in [3.8, 4) is 0 Å². The minimum atomic E-state index is -0.737. The third kappa shape index (κ3) is 8.72. The molecular formula is C16H24N2O8. The number of nitrogens with two attached hydrogens (primary N) is 1. The number of nitro benzene ring substituents is 1. The molecule has 10 heteroatoms.